The van der Waals surface area contributed by atoms with E-state index in [1.165, 1.54) is 25.7 Å². The van der Waals surface area contributed by atoms with Crippen LogP contribution in [0.4, 0.5) is 0 Å². The normalized spacial score (nSPS) is 42.0. The Morgan fingerprint density at radius 2 is 1.92 bits per heavy atom. The summed E-state index contributed by atoms with van der Waals surface area (Å²) < 4.78 is 4.96. The molecule has 0 aromatic carbocycles. The standard InChI is InChI=1S/C10H18O2/c1-12-6-9(11)10-7-4-2-3-5-8(7)10/h7-11H,2-6H2,1H3. The molecule has 2 aliphatic rings. The highest BCUT2D eigenvalue weighted by Gasteiger charge is 2.53. The lowest BCUT2D eigenvalue weighted by Crippen LogP contribution is -2.18. The van der Waals surface area contributed by atoms with E-state index in [-0.39, 0.29) is 6.10 Å². The third-order valence-corrected chi connectivity index (χ3v) is 3.50. The summed E-state index contributed by atoms with van der Waals surface area (Å²) in [6.45, 7) is 0.525. The first-order valence-electron chi connectivity index (χ1n) is 5.01. The Morgan fingerprint density at radius 3 is 2.42 bits per heavy atom. The number of fused-ring (bicyclic) bond motifs is 1. The van der Waals surface area contributed by atoms with Crippen molar-refractivity contribution in [3.05, 3.63) is 0 Å². The zero-order chi connectivity index (χ0) is 8.55. The van der Waals surface area contributed by atoms with Crippen molar-refractivity contribution in [1.82, 2.24) is 0 Å². The smallest absolute Gasteiger partial charge is 0.0807 e. The highest BCUT2D eigenvalue weighted by molar-refractivity contribution is 5.02. The van der Waals surface area contributed by atoms with Crippen LogP contribution < -0.4 is 0 Å². The Morgan fingerprint density at radius 1 is 1.33 bits per heavy atom. The van der Waals surface area contributed by atoms with Gasteiger partial charge in [0.1, 0.15) is 0 Å². The van der Waals surface area contributed by atoms with Crippen molar-refractivity contribution >= 4 is 0 Å². The van der Waals surface area contributed by atoms with Crippen LogP contribution in [-0.2, 0) is 4.74 Å². The van der Waals surface area contributed by atoms with E-state index in [2.05, 4.69) is 0 Å². The van der Waals surface area contributed by atoms with Gasteiger partial charge in [0.2, 0.25) is 0 Å². The Labute approximate surface area is 73.9 Å². The van der Waals surface area contributed by atoms with Gasteiger partial charge < -0.3 is 9.84 Å². The SMILES string of the molecule is COCC(O)C1C2CCCCC21. The second-order valence-corrected chi connectivity index (χ2v) is 4.21. The quantitative estimate of drug-likeness (QED) is 0.694. The summed E-state index contributed by atoms with van der Waals surface area (Å²) >= 11 is 0. The van der Waals surface area contributed by atoms with E-state index < -0.39 is 0 Å². The van der Waals surface area contributed by atoms with Crippen molar-refractivity contribution in [3.8, 4) is 0 Å². The summed E-state index contributed by atoms with van der Waals surface area (Å²) in [5.41, 5.74) is 0. The predicted octanol–water partition coefficient (Wildman–Crippen LogP) is 1.43. The average Bonchev–Trinajstić information content (AvgIpc) is 2.78. The van der Waals surface area contributed by atoms with Crippen molar-refractivity contribution in [2.75, 3.05) is 13.7 Å². The topological polar surface area (TPSA) is 29.5 Å². The van der Waals surface area contributed by atoms with Crippen LogP contribution in [0.2, 0.25) is 0 Å². The van der Waals surface area contributed by atoms with Gasteiger partial charge in [0.25, 0.3) is 0 Å². The Bertz CT molecular complexity index is 146. The molecule has 0 amide bonds. The van der Waals surface area contributed by atoms with Gasteiger partial charge in [-0.25, -0.2) is 0 Å². The molecule has 0 saturated heterocycles. The molecule has 3 unspecified atom stereocenters. The lowest BCUT2D eigenvalue weighted by molar-refractivity contribution is 0.0446. The molecule has 2 saturated carbocycles. The lowest BCUT2D eigenvalue weighted by Gasteiger charge is -2.07. The number of methoxy groups -OCH3 is 1. The van der Waals surface area contributed by atoms with Crippen molar-refractivity contribution < 1.29 is 9.84 Å². The van der Waals surface area contributed by atoms with Crippen LogP contribution in [0.1, 0.15) is 25.7 Å². The number of aliphatic hydroxyl groups excluding tert-OH is 1. The molecule has 0 aromatic rings. The molecule has 1 N–H and O–H groups in total. The first-order chi connectivity index (χ1) is 5.84. The van der Waals surface area contributed by atoms with Crippen molar-refractivity contribution in [2.24, 2.45) is 17.8 Å². The van der Waals surface area contributed by atoms with Crippen LogP contribution in [-0.4, -0.2) is 24.9 Å². The van der Waals surface area contributed by atoms with Crippen LogP contribution in [0.5, 0.6) is 0 Å². The number of aliphatic hydroxyl groups is 1. The molecule has 0 bridgehead atoms. The maximum absolute atomic E-state index is 9.69. The maximum atomic E-state index is 9.69. The minimum atomic E-state index is -0.192. The van der Waals surface area contributed by atoms with Gasteiger partial charge in [-0.3, -0.25) is 0 Å². The maximum Gasteiger partial charge on any atom is 0.0807 e. The van der Waals surface area contributed by atoms with Crippen LogP contribution in [0.25, 0.3) is 0 Å². The van der Waals surface area contributed by atoms with Gasteiger partial charge >= 0.3 is 0 Å². The van der Waals surface area contributed by atoms with Gasteiger partial charge in [-0.1, -0.05) is 12.8 Å². The molecule has 0 spiro atoms. The van der Waals surface area contributed by atoms with E-state index in [4.69, 9.17) is 4.74 Å². The molecule has 0 heterocycles. The van der Waals surface area contributed by atoms with Crippen molar-refractivity contribution in [3.63, 3.8) is 0 Å². The summed E-state index contributed by atoms with van der Waals surface area (Å²) in [4.78, 5) is 0. The zero-order valence-corrected chi connectivity index (χ0v) is 7.70. The van der Waals surface area contributed by atoms with Gasteiger partial charge in [0, 0.05) is 7.11 Å². The van der Waals surface area contributed by atoms with Crippen LogP contribution in [0, 0.1) is 17.8 Å². The fourth-order valence-corrected chi connectivity index (χ4v) is 2.90. The van der Waals surface area contributed by atoms with Crippen LogP contribution >= 0.6 is 0 Å². The summed E-state index contributed by atoms with van der Waals surface area (Å²) in [5.74, 6) is 2.25. The summed E-state index contributed by atoms with van der Waals surface area (Å²) in [7, 11) is 1.66. The first-order valence-corrected chi connectivity index (χ1v) is 5.01. The first kappa shape index (κ1) is 8.52. The van der Waals surface area contributed by atoms with E-state index in [0.29, 0.717) is 12.5 Å². The van der Waals surface area contributed by atoms with E-state index in [1.807, 2.05) is 0 Å². The molecular formula is C10H18O2. The third kappa shape index (κ3) is 1.38. The average molecular weight is 170 g/mol. The molecule has 0 radical (unpaired) electrons. The van der Waals surface area contributed by atoms with Crippen molar-refractivity contribution in [2.45, 2.75) is 31.8 Å². The molecule has 0 aliphatic heterocycles. The van der Waals surface area contributed by atoms with Gasteiger partial charge in [0.05, 0.1) is 12.7 Å². The number of ether oxygens (including phenoxy) is 1. The highest BCUT2D eigenvalue weighted by Crippen LogP contribution is 2.56. The molecule has 2 rings (SSSR count). The minimum Gasteiger partial charge on any atom is -0.390 e. The molecule has 70 valence electrons. The summed E-state index contributed by atoms with van der Waals surface area (Å²) in [6.07, 6.45) is 5.24. The Kier molecular flexibility index (Phi) is 2.37. The molecule has 0 aromatic heterocycles. The molecule has 2 aliphatic carbocycles. The Balaban J connectivity index is 1.83. The second kappa shape index (κ2) is 3.35. The zero-order valence-electron chi connectivity index (χ0n) is 7.70. The summed E-state index contributed by atoms with van der Waals surface area (Å²) in [5, 5.41) is 9.69. The number of hydrogen-bond donors (Lipinski definition) is 1. The molecular weight excluding hydrogens is 152 g/mol. The van der Waals surface area contributed by atoms with Crippen molar-refractivity contribution in [1.29, 1.82) is 0 Å². The van der Waals surface area contributed by atoms with Gasteiger partial charge in [0.15, 0.2) is 0 Å². The van der Waals surface area contributed by atoms with E-state index in [0.717, 1.165) is 11.8 Å². The minimum absolute atomic E-state index is 0.192. The Hall–Kier alpha value is -0.0800. The van der Waals surface area contributed by atoms with E-state index in [9.17, 15) is 5.11 Å². The van der Waals surface area contributed by atoms with Gasteiger partial charge in [-0.15, -0.1) is 0 Å². The van der Waals surface area contributed by atoms with Gasteiger partial charge in [-0.05, 0) is 30.6 Å². The van der Waals surface area contributed by atoms with Crippen LogP contribution in [0.3, 0.4) is 0 Å². The highest BCUT2D eigenvalue weighted by atomic mass is 16.5. The van der Waals surface area contributed by atoms with E-state index in [1.54, 1.807) is 7.11 Å². The molecule has 12 heavy (non-hydrogen) atoms. The fourth-order valence-electron chi connectivity index (χ4n) is 2.90. The van der Waals surface area contributed by atoms with Crippen LogP contribution in [0.15, 0.2) is 0 Å². The molecule has 2 fully saturated rings. The molecule has 3 atom stereocenters. The van der Waals surface area contributed by atoms with Gasteiger partial charge in [-0.2, -0.15) is 0 Å². The second-order valence-electron chi connectivity index (χ2n) is 4.21. The summed E-state index contributed by atoms with van der Waals surface area (Å²) in [6, 6.07) is 0. The fraction of sp³-hybridized carbons (Fsp3) is 1.00. The van der Waals surface area contributed by atoms with E-state index >= 15 is 0 Å². The third-order valence-electron chi connectivity index (χ3n) is 3.50. The largest absolute Gasteiger partial charge is 0.390 e. The number of hydrogen-bond acceptors (Lipinski definition) is 2. The lowest BCUT2D eigenvalue weighted by atomic mass is 10.0. The molecule has 2 nitrogen and oxygen atoms in total. The monoisotopic (exact) mass is 170 g/mol. The molecule has 2 heteroatoms. The number of rotatable bonds is 3. The predicted molar refractivity (Wildman–Crippen MR) is 46.8 cm³/mol.